The second-order valence-electron chi connectivity index (χ2n) is 4.44. The van der Waals surface area contributed by atoms with Gasteiger partial charge in [0.25, 0.3) is 0 Å². The zero-order chi connectivity index (χ0) is 13.3. The van der Waals surface area contributed by atoms with Crippen LogP contribution in [0.5, 0.6) is 0 Å². The zero-order valence-corrected chi connectivity index (χ0v) is 11.6. The molecule has 0 amide bonds. The summed E-state index contributed by atoms with van der Waals surface area (Å²) < 4.78 is 13.4. The van der Waals surface area contributed by atoms with E-state index in [2.05, 4.69) is 32.2 Å². The van der Waals surface area contributed by atoms with Crippen LogP contribution in [0, 0.1) is 19.7 Å². The molecule has 1 atom stereocenters. The van der Waals surface area contributed by atoms with Crippen molar-refractivity contribution in [1.29, 1.82) is 0 Å². The first-order valence-electron chi connectivity index (χ1n) is 5.86. The number of nitrogen functional groups attached to an aromatic ring is 1. The summed E-state index contributed by atoms with van der Waals surface area (Å²) in [6, 6.07) is 7.09. The van der Waals surface area contributed by atoms with Crippen molar-refractivity contribution in [3.63, 3.8) is 0 Å². The third-order valence-corrected chi connectivity index (χ3v) is 3.95. The SMILES string of the molecule is Cc1cc(C(C)Nc2cccc(F)c2N)c(C)s1. The van der Waals surface area contributed by atoms with Crippen molar-refractivity contribution in [3.05, 3.63) is 45.4 Å². The van der Waals surface area contributed by atoms with Gasteiger partial charge in [-0.25, -0.2) is 4.39 Å². The molecular formula is C14H17FN2S. The molecular weight excluding hydrogens is 247 g/mol. The van der Waals surface area contributed by atoms with Gasteiger partial charge in [0, 0.05) is 15.8 Å². The van der Waals surface area contributed by atoms with E-state index in [1.54, 1.807) is 23.5 Å². The average Bonchev–Trinajstić information content (AvgIpc) is 2.64. The lowest BCUT2D eigenvalue weighted by molar-refractivity contribution is 0.632. The van der Waals surface area contributed by atoms with Crippen LogP contribution in [0.1, 0.15) is 28.3 Å². The summed E-state index contributed by atoms with van der Waals surface area (Å²) in [7, 11) is 0. The minimum absolute atomic E-state index is 0.110. The number of nitrogens with one attached hydrogen (secondary N) is 1. The Morgan fingerprint density at radius 1 is 1.33 bits per heavy atom. The summed E-state index contributed by atoms with van der Waals surface area (Å²) in [4.78, 5) is 2.56. The summed E-state index contributed by atoms with van der Waals surface area (Å²) in [5.41, 5.74) is 7.77. The molecule has 1 heterocycles. The summed E-state index contributed by atoms with van der Waals surface area (Å²) in [6.45, 7) is 6.24. The molecule has 0 fully saturated rings. The lowest BCUT2D eigenvalue weighted by Crippen LogP contribution is -2.09. The molecule has 3 N–H and O–H groups in total. The molecule has 0 saturated carbocycles. The Bertz CT molecular complexity index is 563. The molecule has 2 nitrogen and oxygen atoms in total. The third kappa shape index (κ3) is 2.48. The molecule has 0 radical (unpaired) electrons. The van der Waals surface area contributed by atoms with Crippen LogP contribution in [0.3, 0.4) is 0 Å². The van der Waals surface area contributed by atoms with E-state index in [0.717, 1.165) is 0 Å². The predicted octanol–water partition coefficient (Wildman–Crippen LogP) is 4.26. The van der Waals surface area contributed by atoms with Crippen molar-refractivity contribution >= 4 is 22.7 Å². The highest BCUT2D eigenvalue weighted by molar-refractivity contribution is 7.12. The first-order valence-corrected chi connectivity index (χ1v) is 6.68. The summed E-state index contributed by atoms with van der Waals surface area (Å²) in [6.07, 6.45) is 0. The molecule has 1 unspecified atom stereocenters. The van der Waals surface area contributed by atoms with Crippen molar-refractivity contribution < 1.29 is 4.39 Å². The predicted molar refractivity (Wildman–Crippen MR) is 76.6 cm³/mol. The highest BCUT2D eigenvalue weighted by Crippen LogP contribution is 2.30. The van der Waals surface area contributed by atoms with Gasteiger partial charge < -0.3 is 11.1 Å². The number of hydrogen-bond donors (Lipinski definition) is 2. The monoisotopic (exact) mass is 264 g/mol. The Kier molecular flexibility index (Phi) is 3.57. The molecule has 0 saturated heterocycles. The summed E-state index contributed by atoms with van der Waals surface area (Å²) >= 11 is 1.77. The van der Waals surface area contributed by atoms with Crippen LogP contribution >= 0.6 is 11.3 Å². The minimum Gasteiger partial charge on any atom is -0.395 e. The van der Waals surface area contributed by atoms with E-state index in [1.807, 2.05) is 0 Å². The van der Waals surface area contributed by atoms with E-state index in [0.29, 0.717) is 5.69 Å². The summed E-state index contributed by atoms with van der Waals surface area (Å²) in [5, 5.41) is 3.26. The van der Waals surface area contributed by atoms with Crippen LogP contribution in [0.4, 0.5) is 15.8 Å². The van der Waals surface area contributed by atoms with Crippen LogP contribution in [-0.2, 0) is 0 Å². The van der Waals surface area contributed by atoms with Gasteiger partial charge in [0.1, 0.15) is 5.82 Å². The number of para-hydroxylation sites is 1. The van der Waals surface area contributed by atoms with Gasteiger partial charge >= 0.3 is 0 Å². The maximum Gasteiger partial charge on any atom is 0.148 e. The Hall–Kier alpha value is -1.55. The zero-order valence-electron chi connectivity index (χ0n) is 10.8. The number of rotatable bonds is 3. The fraction of sp³-hybridized carbons (Fsp3) is 0.286. The molecule has 0 aliphatic carbocycles. The molecule has 0 aliphatic heterocycles. The highest BCUT2D eigenvalue weighted by Gasteiger charge is 2.13. The topological polar surface area (TPSA) is 38.0 Å². The van der Waals surface area contributed by atoms with Crippen molar-refractivity contribution in [3.8, 4) is 0 Å². The quantitative estimate of drug-likeness (QED) is 0.813. The van der Waals surface area contributed by atoms with Crippen LogP contribution in [0.25, 0.3) is 0 Å². The number of nitrogens with two attached hydrogens (primary N) is 1. The van der Waals surface area contributed by atoms with E-state index in [4.69, 9.17) is 5.73 Å². The van der Waals surface area contributed by atoms with Gasteiger partial charge in [-0.15, -0.1) is 11.3 Å². The Morgan fingerprint density at radius 3 is 2.67 bits per heavy atom. The van der Waals surface area contributed by atoms with Crippen LogP contribution in [0.2, 0.25) is 0 Å². The normalized spacial score (nSPS) is 12.4. The summed E-state index contributed by atoms with van der Waals surface area (Å²) in [5.74, 6) is -0.384. The molecule has 1 aromatic heterocycles. The number of anilines is 2. The molecule has 96 valence electrons. The number of hydrogen-bond acceptors (Lipinski definition) is 3. The van der Waals surface area contributed by atoms with Crippen molar-refractivity contribution in [2.45, 2.75) is 26.8 Å². The number of thiophene rings is 1. The van der Waals surface area contributed by atoms with E-state index in [9.17, 15) is 4.39 Å². The molecule has 4 heteroatoms. The van der Waals surface area contributed by atoms with Crippen LogP contribution in [0.15, 0.2) is 24.3 Å². The smallest absolute Gasteiger partial charge is 0.148 e. The van der Waals surface area contributed by atoms with Gasteiger partial charge in [-0.05, 0) is 44.5 Å². The van der Waals surface area contributed by atoms with Crippen molar-refractivity contribution in [2.75, 3.05) is 11.1 Å². The second-order valence-corrected chi connectivity index (χ2v) is 5.90. The van der Waals surface area contributed by atoms with Crippen LogP contribution < -0.4 is 11.1 Å². The van der Waals surface area contributed by atoms with Gasteiger partial charge in [0.15, 0.2) is 0 Å². The first-order chi connectivity index (χ1) is 8.49. The van der Waals surface area contributed by atoms with Gasteiger partial charge in [-0.3, -0.25) is 0 Å². The van der Waals surface area contributed by atoms with Crippen molar-refractivity contribution in [2.24, 2.45) is 0 Å². The van der Waals surface area contributed by atoms with Gasteiger partial charge in [-0.2, -0.15) is 0 Å². The first kappa shape index (κ1) is 12.9. The number of halogens is 1. The van der Waals surface area contributed by atoms with Crippen molar-refractivity contribution in [1.82, 2.24) is 0 Å². The van der Waals surface area contributed by atoms with Crippen LogP contribution in [-0.4, -0.2) is 0 Å². The second kappa shape index (κ2) is 4.98. The molecule has 1 aromatic carbocycles. The molecule has 0 bridgehead atoms. The molecule has 2 aromatic rings. The maximum atomic E-state index is 13.4. The van der Waals surface area contributed by atoms with E-state index in [1.165, 1.54) is 21.4 Å². The standard InChI is InChI=1S/C14H17FN2S/c1-8-7-11(10(3)18-8)9(2)17-13-6-4-5-12(15)14(13)16/h4-7,9,17H,16H2,1-3H3. The fourth-order valence-corrected chi connectivity index (χ4v) is 3.08. The Balaban J connectivity index is 2.24. The largest absolute Gasteiger partial charge is 0.395 e. The average molecular weight is 264 g/mol. The van der Waals surface area contributed by atoms with Gasteiger partial charge in [0.2, 0.25) is 0 Å². The molecule has 18 heavy (non-hydrogen) atoms. The van der Waals surface area contributed by atoms with Gasteiger partial charge in [0.05, 0.1) is 11.4 Å². The minimum atomic E-state index is -0.384. The Labute approximate surface area is 111 Å². The Morgan fingerprint density at radius 2 is 2.06 bits per heavy atom. The third-order valence-electron chi connectivity index (χ3n) is 2.97. The van der Waals surface area contributed by atoms with E-state index < -0.39 is 0 Å². The number of aryl methyl sites for hydroxylation is 2. The maximum absolute atomic E-state index is 13.4. The molecule has 0 aliphatic rings. The fourth-order valence-electron chi connectivity index (χ4n) is 2.05. The molecule has 2 rings (SSSR count). The highest BCUT2D eigenvalue weighted by atomic mass is 32.1. The number of benzene rings is 1. The van der Waals surface area contributed by atoms with Gasteiger partial charge in [-0.1, -0.05) is 6.07 Å². The van der Waals surface area contributed by atoms with E-state index in [-0.39, 0.29) is 17.5 Å². The lowest BCUT2D eigenvalue weighted by atomic mass is 10.1. The molecule has 0 spiro atoms. The lowest BCUT2D eigenvalue weighted by Gasteiger charge is -2.17. The van der Waals surface area contributed by atoms with E-state index >= 15 is 0 Å².